The van der Waals surface area contributed by atoms with Crippen molar-refractivity contribution in [3.05, 3.63) is 70.0 Å². The average Bonchev–Trinajstić information content (AvgIpc) is 2.69. The van der Waals surface area contributed by atoms with Crippen molar-refractivity contribution < 1.29 is 22.3 Å². The van der Waals surface area contributed by atoms with E-state index in [4.69, 9.17) is 4.74 Å². The highest BCUT2D eigenvalue weighted by Gasteiger charge is 2.22. The summed E-state index contributed by atoms with van der Waals surface area (Å²) in [5.74, 6) is -5.71. The normalized spacial score (nSPS) is 10.6. The Labute approximate surface area is 156 Å². The van der Waals surface area contributed by atoms with Crippen LogP contribution in [-0.4, -0.2) is 23.6 Å². The molecule has 2 N–H and O–H groups in total. The lowest BCUT2D eigenvalue weighted by Crippen LogP contribution is -2.25. The highest BCUT2D eigenvalue weighted by atomic mass is 19.2. The second-order valence-electron chi connectivity index (χ2n) is 5.51. The molecule has 2 aromatic carbocycles. The van der Waals surface area contributed by atoms with Gasteiger partial charge in [-0.15, -0.1) is 0 Å². The van der Waals surface area contributed by atoms with E-state index in [1.54, 1.807) is 0 Å². The van der Waals surface area contributed by atoms with Crippen LogP contribution in [0.3, 0.4) is 0 Å². The third-order valence-corrected chi connectivity index (χ3v) is 3.82. The van der Waals surface area contributed by atoms with Crippen LogP contribution in [0.2, 0.25) is 0 Å². The molecular formula is C18H14F4N4O2. The molecule has 28 heavy (non-hydrogen) atoms. The molecule has 1 heterocycles. The fourth-order valence-electron chi connectivity index (χ4n) is 2.49. The minimum absolute atomic E-state index is 0.0260. The van der Waals surface area contributed by atoms with Crippen LogP contribution >= 0.6 is 0 Å². The van der Waals surface area contributed by atoms with Crippen LogP contribution in [0.15, 0.2) is 41.2 Å². The molecular weight excluding hydrogens is 380 g/mol. The number of nitrogens with one attached hydrogen (secondary N) is 2. The van der Waals surface area contributed by atoms with Crippen LogP contribution < -0.4 is 20.9 Å². The first-order chi connectivity index (χ1) is 13.4. The second-order valence-corrected chi connectivity index (χ2v) is 5.51. The van der Waals surface area contributed by atoms with Crippen molar-refractivity contribution in [2.24, 2.45) is 0 Å². The molecule has 3 aromatic rings. The molecule has 0 atom stereocenters. The summed E-state index contributed by atoms with van der Waals surface area (Å²) in [4.78, 5) is 16.9. The molecule has 0 saturated carbocycles. The van der Waals surface area contributed by atoms with Gasteiger partial charge in [-0.3, -0.25) is 4.79 Å². The Morgan fingerprint density at radius 3 is 2.18 bits per heavy atom. The average molecular weight is 394 g/mol. The molecule has 0 unspecified atom stereocenters. The lowest BCUT2D eigenvalue weighted by molar-refractivity contribution is 0.358. The minimum Gasteiger partial charge on any atom is -0.419 e. The van der Waals surface area contributed by atoms with Crippen molar-refractivity contribution in [1.82, 2.24) is 9.55 Å². The van der Waals surface area contributed by atoms with E-state index in [9.17, 15) is 22.4 Å². The summed E-state index contributed by atoms with van der Waals surface area (Å²) in [6.07, 6.45) is 0. The van der Waals surface area contributed by atoms with E-state index < -0.39 is 40.6 Å². The predicted octanol–water partition coefficient (Wildman–Crippen LogP) is 3.66. The molecule has 10 heteroatoms. The Balaban J connectivity index is 2.28. The minimum atomic E-state index is -1.58. The molecule has 0 fully saturated rings. The molecule has 0 aliphatic rings. The molecule has 1 aromatic heterocycles. The quantitative estimate of drug-likeness (QED) is 0.511. The van der Waals surface area contributed by atoms with Gasteiger partial charge in [-0.05, 0) is 36.4 Å². The number of ether oxygens (including phenoxy) is 1. The second kappa shape index (κ2) is 7.59. The third-order valence-electron chi connectivity index (χ3n) is 3.82. The van der Waals surface area contributed by atoms with Crippen molar-refractivity contribution in [3.63, 3.8) is 0 Å². The Morgan fingerprint density at radius 2 is 1.57 bits per heavy atom. The molecule has 0 saturated heterocycles. The Morgan fingerprint density at radius 1 is 0.929 bits per heavy atom. The summed E-state index contributed by atoms with van der Waals surface area (Å²) in [7, 11) is 2.94. The fraction of sp³-hybridized carbons (Fsp3) is 0.111. The van der Waals surface area contributed by atoms with E-state index in [-0.39, 0.29) is 17.2 Å². The Kier molecular flexibility index (Phi) is 5.21. The van der Waals surface area contributed by atoms with Crippen LogP contribution in [0.1, 0.15) is 0 Å². The first-order valence-electron chi connectivity index (χ1n) is 7.97. The highest BCUT2D eigenvalue weighted by Crippen LogP contribution is 2.30. The van der Waals surface area contributed by atoms with Crippen LogP contribution in [-0.2, 0) is 0 Å². The number of nitrogens with zero attached hydrogens (tertiary/aromatic N) is 2. The zero-order chi connectivity index (χ0) is 20.4. The highest BCUT2D eigenvalue weighted by molar-refractivity contribution is 5.64. The van der Waals surface area contributed by atoms with Crippen molar-refractivity contribution >= 4 is 11.5 Å². The van der Waals surface area contributed by atoms with Gasteiger partial charge >= 0.3 is 6.01 Å². The summed E-state index contributed by atoms with van der Waals surface area (Å²) in [6, 6.07) is 5.39. The van der Waals surface area contributed by atoms with Gasteiger partial charge in [0.05, 0.1) is 5.69 Å². The van der Waals surface area contributed by atoms with Crippen LogP contribution in [0, 0.1) is 23.3 Å². The largest absolute Gasteiger partial charge is 0.419 e. The van der Waals surface area contributed by atoms with E-state index >= 15 is 0 Å². The van der Waals surface area contributed by atoms with E-state index in [1.807, 2.05) is 0 Å². The third kappa shape index (κ3) is 3.36. The number of hydrogen-bond acceptors (Lipinski definition) is 5. The predicted molar refractivity (Wildman–Crippen MR) is 95.3 cm³/mol. The van der Waals surface area contributed by atoms with Crippen LogP contribution in [0.4, 0.5) is 29.1 Å². The molecule has 0 bridgehead atoms. The number of anilines is 2. The fourth-order valence-corrected chi connectivity index (χ4v) is 2.49. The lowest BCUT2D eigenvalue weighted by atomic mass is 10.3. The summed E-state index contributed by atoms with van der Waals surface area (Å²) in [5.41, 5.74) is -0.551. The van der Waals surface area contributed by atoms with Crippen molar-refractivity contribution in [2.45, 2.75) is 0 Å². The Bertz CT molecular complexity index is 1080. The van der Waals surface area contributed by atoms with Gasteiger partial charge in [0.25, 0.3) is 5.56 Å². The number of halogens is 4. The molecule has 0 spiro atoms. The van der Waals surface area contributed by atoms with E-state index in [2.05, 4.69) is 15.6 Å². The molecule has 0 aliphatic heterocycles. The maximum Gasteiger partial charge on any atom is 0.311 e. The topological polar surface area (TPSA) is 68.2 Å². The molecule has 146 valence electrons. The molecule has 3 rings (SSSR count). The van der Waals surface area contributed by atoms with Gasteiger partial charge in [-0.25, -0.2) is 17.7 Å². The van der Waals surface area contributed by atoms with Crippen LogP contribution in [0.5, 0.6) is 11.8 Å². The van der Waals surface area contributed by atoms with Gasteiger partial charge in [0.15, 0.2) is 17.5 Å². The summed E-state index contributed by atoms with van der Waals surface area (Å²) >= 11 is 0. The van der Waals surface area contributed by atoms with Crippen molar-refractivity contribution in [1.29, 1.82) is 0 Å². The SMILES string of the molecule is CNc1nc(Oc2c(F)ccc(F)c2F)n(-c2ccc(F)cc2)c(=O)c1NC. The number of aromatic nitrogens is 2. The van der Waals surface area contributed by atoms with Crippen molar-refractivity contribution in [2.75, 3.05) is 24.7 Å². The van der Waals surface area contributed by atoms with E-state index in [0.29, 0.717) is 12.1 Å². The maximum absolute atomic E-state index is 14.0. The van der Waals surface area contributed by atoms with E-state index in [0.717, 1.165) is 16.7 Å². The molecule has 6 nitrogen and oxygen atoms in total. The van der Waals surface area contributed by atoms with Gasteiger partial charge in [0, 0.05) is 14.1 Å². The van der Waals surface area contributed by atoms with Gasteiger partial charge < -0.3 is 15.4 Å². The van der Waals surface area contributed by atoms with Crippen molar-refractivity contribution in [3.8, 4) is 17.4 Å². The van der Waals surface area contributed by atoms with Gasteiger partial charge in [0.1, 0.15) is 11.5 Å². The molecule has 0 radical (unpaired) electrons. The van der Waals surface area contributed by atoms with Gasteiger partial charge in [-0.2, -0.15) is 9.37 Å². The Hall–Kier alpha value is -3.56. The number of rotatable bonds is 5. The maximum atomic E-state index is 14.0. The smallest absolute Gasteiger partial charge is 0.311 e. The first kappa shape index (κ1) is 19.2. The number of benzene rings is 2. The summed E-state index contributed by atoms with van der Waals surface area (Å²) < 4.78 is 60.8. The lowest BCUT2D eigenvalue weighted by Gasteiger charge is -2.17. The number of hydrogen-bond donors (Lipinski definition) is 2. The van der Waals surface area contributed by atoms with E-state index in [1.165, 1.54) is 26.2 Å². The molecule has 0 amide bonds. The zero-order valence-electron chi connectivity index (χ0n) is 14.7. The summed E-state index contributed by atoms with van der Waals surface area (Å²) in [5, 5.41) is 5.32. The monoisotopic (exact) mass is 394 g/mol. The van der Waals surface area contributed by atoms with Gasteiger partial charge in [-0.1, -0.05) is 0 Å². The first-order valence-corrected chi connectivity index (χ1v) is 7.97. The van der Waals surface area contributed by atoms with Crippen LogP contribution in [0.25, 0.3) is 5.69 Å². The molecule has 0 aliphatic carbocycles. The van der Waals surface area contributed by atoms with Gasteiger partial charge in [0.2, 0.25) is 11.6 Å². The summed E-state index contributed by atoms with van der Waals surface area (Å²) in [6.45, 7) is 0. The zero-order valence-corrected chi connectivity index (χ0v) is 14.7. The standard InChI is InChI=1S/C18H14F4N4O2/c1-23-14-16(24-2)25-18(28-15-12(21)8-7-11(20)13(15)22)26(17(14)27)10-5-3-9(19)4-6-10/h3-8,23-24H,1-2H3.